The lowest BCUT2D eigenvalue weighted by atomic mass is 10.0. The topological polar surface area (TPSA) is 25.2 Å². The van der Waals surface area contributed by atoms with Crippen molar-refractivity contribution in [1.29, 1.82) is 0 Å². The van der Waals surface area contributed by atoms with Gasteiger partial charge < -0.3 is 9.73 Å². The predicted octanol–water partition coefficient (Wildman–Crippen LogP) is 4.16. The van der Waals surface area contributed by atoms with Crippen LogP contribution in [0.15, 0.2) is 33.4 Å². The molecule has 0 bridgehead atoms. The third-order valence-electron chi connectivity index (χ3n) is 2.62. The van der Waals surface area contributed by atoms with Gasteiger partial charge in [0, 0.05) is 17.7 Å². The van der Waals surface area contributed by atoms with Crippen molar-refractivity contribution in [3.05, 3.63) is 57.7 Å². The molecule has 0 fully saturated rings. The maximum absolute atomic E-state index is 13.8. The highest BCUT2D eigenvalue weighted by Gasteiger charge is 2.24. The van der Waals surface area contributed by atoms with Crippen molar-refractivity contribution in [3.63, 3.8) is 0 Å². The van der Waals surface area contributed by atoms with Gasteiger partial charge in [0.05, 0.1) is 6.04 Å². The van der Waals surface area contributed by atoms with Crippen LogP contribution in [-0.4, -0.2) is 6.54 Å². The van der Waals surface area contributed by atoms with Gasteiger partial charge in [-0.05, 0) is 34.6 Å². The van der Waals surface area contributed by atoms with Gasteiger partial charge in [0.15, 0.2) is 4.67 Å². The van der Waals surface area contributed by atoms with Crippen LogP contribution in [0.2, 0.25) is 0 Å². The Hall–Kier alpha value is -1.27. The molecule has 1 aromatic carbocycles. The van der Waals surface area contributed by atoms with E-state index in [1.165, 1.54) is 0 Å². The SMILES string of the molecule is CCNC(c1ccc(Br)o1)c1c(F)cc(F)cc1F. The van der Waals surface area contributed by atoms with E-state index in [1.807, 2.05) is 0 Å². The van der Waals surface area contributed by atoms with Crippen LogP contribution in [0.3, 0.4) is 0 Å². The summed E-state index contributed by atoms with van der Waals surface area (Å²) in [5, 5.41) is 2.91. The third-order valence-corrected chi connectivity index (χ3v) is 3.05. The van der Waals surface area contributed by atoms with E-state index in [0.29, 0.717) is 29.1 Å². The van der Waals surface area contributed by atoms with Crippen LogP contribution in [-0.2, 0) is 0 Å². The van der Waals surface area contributed by atoms with Gasteiger partial charge >= 0.3 is 0 Å². The molecule has 2 aromatic rings. The summed E-state index contributed by atoms with van der Waals surface area (Å²) in [5.74, 6) is -2.50. The molecule has 0 saturated carbocycles. The van der Waals surface area contributed by atoms with E-state index < -0.39 is 23.5 Å². The number of hydrogen-bond donors (Lipinski definition) is 1. The highest BCUT2D eigenvalue weighted by molar-refractivity contribution is 9.10. The van der Waals surface area contributed by atoms with Gasteiger partial charge in [-0.3, -0.25) is 0 Å². The van der Waals surface area contributed by atoms with E-state index >= 15 is 0 Å². The Balaban J connectivity index is 2.51. The van der Waals surface area contributed by atoms with E-state index in [4.69, 9.17) is 4.42 Å². The molecule has 1 aromatic heterocycles. The maximum atomic E-state index is 13.8. The molecule has 19 heavy (non-hydrogen) atoms. The molecule has 6 heteroatoms. The summed E-state index contributed by atoms with van der Waals surface area (Å²) in [6.45, 7) is 2.27. The summed E-state index contributed by atoms with van der Waals surface area (Å²) in [6, 6.07) is 3.72. The van der Waals surface area contributed by atoms with Gasteiger partial charge in [-0.15, -0.1) is 0 Å². The molecule has 1 atom stereocenters. The molecule has 1 unspecified atom stereocenters. The Labute approximate surface area is 116 Å². The zero-order chi connectivity index (χ0) is 14.0. The first-order valence-electron chi connectivity index (χ1n) is 5.66. The average molecular weight is 334 g/mol. The number of furan rings is 1. The maximum Gasteiger partial charge on any atom is 0.169 e. The van der Waals surface area contributed by atoms with E-state index in [1.54, 1.807) is 19.1 Å². The molecule has 0 aliphatic heterocycles. The zero-order valence-corrected chi connectivity index (χ0v) is 11.6. The highest BCUT2D eigenvalue weighted by Crippen LogP contribution is 2.30. The van der Waals surface area contributed by atoms with Crippen LogP contribution in [0.1, 0.15) is 24.3 Å². The first-order chi connectivity index (χ1) is 9.02. The Morgan fingerprint density at radius 3 is 2.32 bits per heavy atom. The van der Waals surface area contributed by atoms with E-state index in [2.05, 4.69) is 21.2 Å². The molecular formula is C13H11BrF3NO. The zero-order valence-electron chi connectivity index (χ0n) is 10.0. The normalized spacial score (nSPS) is 12.7. The Morgan fingerprint density at radius 2 is 1.84 bits per heavy atom. The molecule has 0 aliphatic rings. The van der Waals surface area contributed by atoms with Crippen LogP contribution in [0, 0.1) is 17.5 Å². The van der Waals surface area contributed by atoms with Crippen LogP contribution in [0.5, 0.6) is 0 Å². The van der Waals surface area contributed by atoms with E-state index in [9.17, 15) is 13.2 Å². The lowest BCUT2D eigenvalue weighted by Gasteiger charge is -2.17. The first kappa shape index (κ1) is 14.1. The number of benzene rings is 1. The highest BCUT2D eigenvalue weighted by atomic mass is 79.9. The Kier molecular flexibility index (Phi) is 4.31. The monoisotopic (exact) mass is 333 g/mol. The Bertz CT molecular complexity index is 562. The lowest BCUT2D eigenvalue weighted by molar-refractivity contribution is 0.414. The number of hydrogen-bond acceptors (Lipinski definition) is 2. The fourth-order valence-corrected chi connectivity index (χ4v) is 2.18. The number of rotatable bonds is 4. The Morgan fingerprint density at radius 1 is 1.21 bits per heavy atom. The van der Waals surface area contributed by atoms with Gasteiger partial charge in [0.1, 0.15) is 23.2 Å². The molecule has 0 radical (unpaired) electrons. The minimum Gasteiger partial charge on any atom is -0.452 e. The predicted molar refractivity (Wildman–Crippen MR) is 68.2 cm³/mol. The molecule has 2 rings (SSSR count). The molecule has 102 valence electrons. The van der Waals surface area contributed by atoms with Gasteiger partial charge in [-0.1, -0.05) is 6.92 Å². The summed E-state index contributed by atoms with van der Waals surface area (Å²) < 4.78 is 46.3. The van der Waals surface area contributed by atoms with E-state index in [-0.39, 0.29) is 5.56 Å². The molecule has 1 N–H and O–H groups in total. The van der Waals surface area contributed by atoms with Crippen molar-refractivity contribution in [3.8, 4) is 0 Å². The second kappa shape index (κ2) is 5.79. The number of nitrogens with one attached hydrogen (secondary N) is 1. The van der Waals surface area contributed by atoms with Gasteiger partial charge in [-0.2, -0.15) is 0 Å². The molecule has 0 aliphatic carbocycles. The molecule has 2 nitrogen and oxygen atoms in total. The van der Waals surface area contributed by atoms with Crippen molar-refractivity contribution >= 4 is 15.9 Å². The molecular weight excluding hydrogens is 323 g/mol. The van der Waals surface area contributed by atoms with Gasteiger partial charge in [0.2, 0.25) is 0 Å². The fraction of sp³-hybridized carbons (Fsp3) is 0.231. The van der Waals surface area contributed by atoms with Crippen molar-refractivity contribution in [1.82, 2.24) is 5.32 Å². The van der Waals surface area contributed by atoms with Crippen LogP contribution < -0.4 is 5.32 Å². The molecule has 1 heterocycles. The second-order valence-corrected chi connectivity index (χ2v) is 4.70. The summed E-state index contributed by atoms with van der Waals surface area (Å²) in [4.78, 5) is 0. The standard InChI is InChI=1S/C13H11BrF3NO/c1-2-18-13(10-3-4-11(14)19-10)12-8(16)5-7(15)6-9(12)17/h3-6,13,18H,2H2,1H3. The van der Waals surface area contributed by atoms with Crippen molar-refractivity contribution in [2.45, 2.75) is 13.0 Å². The molecule has 0 amide bonds. The van der Waals surface area contributed by atoms with Gasteiger partial charge in [0.25, 0.3) is 0 Å². The van der Waals surface area contributed by atoms with Crippen molar-refractivity contribution in [2.75, 3.05) is 6.54 Å². The van der Waals surface area contributed by atoms with Crippen LogP contribution in [0.4, 0.5) is 13.2 Å². The fourth-order valence-electron chi connectivity index (χ4n) is 1.86. The van der Waals surface area contributed by atoms with Crippen molar-refractivity contribution < 1.29 is 17.6 Å². The second-order valence-electron chi connectivity index (χ2n) is 3.92. The summed E-state index contributed by atoms with van der Waals surface area (Å²) in [7, 11) is 0. The summed E-state index contributed by atoms with van der Waals surface area (Å²) in [6.07, 6.45) is 0. The van der Waals surface area contributed by atoms with Crippen molar-refractivity contribution in [2.24, 2.45) is 0 Å². The largest absolute Gasteiger partial charge is 0.452 e. The lowest BCUT2D eigenvalue weighted by Crippen LogP contribution is -2.24. The smallest absolute Gasteiger partial charge is 0.169 e. The number of halogens is 4. The summed E-state index contributed by atoms with van der Waals surface area (Å²) in [5.41, 5.74) is -0.259. The molecule has 0 spiro atoms. The molecule has 0 saturated heterocycles. The third kappa shape index (κ3) is 3.01. The van der Waals surface area contributed by atoms with E-state index in [0.717, 1.165) is 0 Å². The minimum absolute atomic E-state index is 0.259. The minimum atomic E-state index is -0.949. The summed E-state index contributed by atoms with van der Waals surface area (Å²) >= 11 is 3.13. The van der Waals surface area contributed by atoms with Crippen LogP contribution in [0.25, 0.3) is 0 Å². The first-order valence-corrected chi connectivity index (χ1v) is 6.45. The van der Waals surface area contributed by atoms with Crippen LogP contribution >= 0.6 is 15.9 Å². The quantitative estimate of drug-likeness (QED) is 0.908. The van der Waals surface area contributed by atoms with Gasteiger partial charge in [-0.25, -0.2) is 13.2 Å². The average Bonchev–Trinajstić information content (AvgIpc) is 2.73.